The molecular formula is C17H15F2NO2. The number of carbonyl (C=O) groups is 1. The van der Waals surface area contributed by atoms with Crippen molar-refractivity contribution in [2.24, 2.45) is 0 Å². The second-order valence-corrected chi connectivity index (χ2v) is 5.22. The number of benzene rings is 2. The lowest BCUT2D eigenvalue weighted by molar-refractivity contribution is -0.117. The van der Waals surface area contributed by atoms with E-state index < -0.39 is 11.6 Å². The fraction of sp³-hybridized carbons (Fsp3) is 0.235. The summed E-state index contributed by atoms with van der Waals surface area (Å²) >= 11 is 0. The van der Waals surface area contributed by atoms with Crippen LogP contribution < -0.4 is 4.90 Å². The molecule has 0 saturated carbocycles. The van der Waals surface area contributed by atoms with Gasteiger partial charge in [0.25, 0.3) is 0 Å². The van der Waals surface area contributed by atoms with Gasteiger partial charge in [-0.15, -0.1) is 0 Å². The predicted molar refractivity (Wildman–Crippen MR) is 79.3 cm³/mol. The minimum absolute atomic E-state index is 0.0229. The van der Waals surface area contributed by atoms with E-state index in [1.54, 1.807) is 24.3 Å². The highest BCUT2D eigenvalue weighted by atomic mass is 19.2. The van der Waals surface area contributed by atoms with Gasteiger partial charge in [0.1, 0.15) is 0 Å². The van der Waals surface area contributed by atoms with Crippen molar-refractivity contribution in [3.63, 3.8) is 0 Å². The topological polar surface area (TPSA) is 40.5 Å². The molecule has 0 bridgehead atoms. The lowest BCUT2D eigenvalue weighted by Gasteiger charge is -2.18. The summed E-state index contributed by atoms with van der Waals surface area (Å²) in [5.74, 6) is -2.22. The largest absolute Gasteiger partial charge is 0.392 e. The van der Waals surface area contributed by atoms with E-state index in [1.165, 1.54) is 17.0 Å². The van der Waals surface area contributed by atoms with E-state index in [0.717, 1.165) is 0 Å². The third-order valence-electron chi connectivity index (χ3n) is 3.90. The standard InChI is InChI=1S/C17H15F2NO2/c18-16-13(12-5-2-1-4-11(12)10-21)7-8-14(17(16)19)20-9-3-6-15(20)22/h1-2,4-5,7-8,21H,3,6,9-10H2. The minimum Gasteiger partial charge on any atom is -0.392 e. The first kappa shape index (κ1) is 14.7. The zero-order valence-corrected chi connectivity index (χ0v) is 11.9. The van der Waals surface area contributed by atoms with Gasteiger partial charge in [-0.25, -0.2) is 8.78 Å². The van der Waals surface area contributed by atoms with Gasteiger partial charge in [0, 0.05) is 18.5 Å². The molecule has 2 aromatic carbocycles. The molecule has 5 heteroatoms. The van der Waals surface area contributed by atoms with Gasteiger partial charge < -0.3 is 10.0 Å². The lowest BCUT2D eigenvalue weighted by atomic mass is 9.99. The number of hydrogen-bond donors (Lipinski definition) is 1. The first-order valence-electron chi connectivity index (χ1n) is 7.11. The van der Waals surface area contributed by atoms with Crippen LogP contribution in [-0.2, 0) is 11.4 Å². The van der Waals surface area contributed by atoms with Crippen LogP contribution in [-0.4, -0.2) is 17.6 Å². The average Bonchev–Trinajstić information content (AvgIpc) is 2.96. The molecule has 1 amide bonds. The SMILES string of the molecule is O=C1CCCN1c1ccc(-c2ccccc2CO)c(F)c1F. The van der Waals surface area contributed by atoms with Crippen LogP contribution in [0.4, 0.5) is 14.5 Å². The van der Waals surface area contributed by atoms with Crippen molar-refractivity contribution in [3.05, 3.63) is 53.6 Å². The van der Waals surface area contributed by atoms with Crippen molar-refractivity contribution in [2.45, 2.75) is 19.4 Å². The summed E-state index contributed by atoms with van der Waals surface area (Å²) < 4.78 is 28.8. The molecule has 0 spiro atoms. The number of hydrogen-bond acceptors (Lipinski definition) is 2. The highest BCUT2D eigenvalue weighted by molar-refractivity contribution is 5.95. The summed E-state index contributed by atoms with van der Waals surface area (Å²) in [6.07, 6.45) is 1.01. The Balaban J connectivity index is 2.09. The molecule has 0 unspecified atom stereocenters. The molecule has 1 fully saturated rings. The highest BCUT2D eigenvalue weighted by Gasteiger charge is 2.27. The van der Waals surface area contributed by atoms with Gasteiger partial charge in [0.2, 0.25) is 5.91 Å². The van der Waals surface area contributed by atoms with Gasteiger partial charge in [0.05, 0.1) is 12.3 Å². The molecule has 22 heavy (non-hydrogen) atoms. The Hall–Kier alpha value is -2.27. The first-order valence-corrected chi connectivity index (χ1v) is 7.11. The maximum absolute atomic E-state index is 14.5. The number of aliphatic hydroxyl groups excluding tert-OH is 1. The second kappa shape index (κ2) is 5.85. The quantitative estimate of drug-likeness (QED) is 0.945. The Kier molecular flexibility index (Phi) is 3.90. The van der Waals surface area contributed by atoms with Crippen LogP contribution >= 0.6 is 0 Å². The van der Waals surface area contributed by atoms with Gasteiger partial charge in [-0.2, -0.15) is 0 Å². The molecule has 0 atom stereocenters. The van der Waals surface area contributed by atoms with Crippen LogP contribution in [0.25, 0.3) is 11.1 Å². The van der Waals surface area contributed by atoms with Gasteiger partial charge in [0.15, 0.2) is 11.6 Å². The predicted octanol–water partition coefficient (Wildman–Crippen LogP) is 3.25. The maximum Gasteiger partial charge on any atom is 0.227 e. The van der Waals surface area contributed by atoms with Crippen molar-refractivity contribution >= 4 is 11.6 Å². The van der Waals surface area contributed by atoms with Crippen molar-refractivity contribution in [1.29, 1.82) is 0 Å². The molecule has 2 aromatic rings. The molecule has 0 radical (unpaired) electrons. The molecule has 1 heterocycles. The van der Waals surface area contributed by atoms with Gasteiger partial charge in [-0.3, -0.25) is 4.79 Å². The van der Waals surface area contributed by atoms with Crippen LogP contribution in [0.1, 0.15) is 18.4 Å². The van der Waals surface area contributed by atoms with Gasteiger partial charge in [-0.05, 0) is 29.7 Å². The molecule has 3 rings (SSSR count). The van der Waals surface area contributed by atoms with E-state index in [2.05, 4.69) is 0 Å². The van der Waals surface area contributed by atoms with E-state index in [-0.39, 0.29) is 23.8 Å². The number of amides is 1. The molecular weight excluding hydrogens is 288 g/mol. The number of aliphatic hydroxyl groups is 1. The number of nitrogens with zero attached hydrogens (tertiary/aromatic N) is 1. The molecule has 1 aliphatic rings. The third kappa shape index (κ3) is 2.37. The Labute approximate surface area is 126 Å². The molecule has 1 N–H and O–H groups in total. The normalized spacial score (nSPS) is 14.7. The molecule has 3 nitrogen and oxygen atoms in total. The molecule has 1 aliphatic heterocycles. The molecule has 114 valence electrons. The van der Waals surface area contributed by atoms with Crippen molar-refractivity contribution < 1.29 is 18.7 Å². The summed E-state index contributed by atoms with van der Waals surface area (Å²) in [5.41, 5.74) is 1.02. The summed E-state index contributed by atoms with van der Waals surface area (Å²) in [6, 6.07) is 9.58. The fourth-order valence-corrected chi connectivity index (χ4v) is 2.78. The number of anilines is 1. The zero-order valence-electron chi connectivity index (χ0n) is 11.9. The number of carbonyl (C=O) groups excluding carboxylic acids is 1. The summed E-state index contributed by atoms with van der Waals surface area (Å²) in [7, 11) is 0. The lowest BCUT2D eigenvalue weighted by Crippen LogP contribution is -2.25. The van der Waals surface area contributed by atoms with E-state index in [9.17, 15) is 18.7 Å². The molecule has 0 aliphatic carbocycles. The summed E-state index contributed by atoms with van der Waals surface area (Å²) in [4.78, 5) is 13.0. The molecule has 0 aromatic heterocycles. The Bertz CT molecular complexity index is 731. The first-order chi connectivity index (χ1) is 10.6. The zero-order chi connectivity index (χ0) is 15.7. The van der Waals surface area contributed by atoms with Crippen molar-refractivity contribution in [1.82, 2.24) is 0 Å². The summed E-state index contributed by atoms with van der Waals surface area (Å²) in [6.45, 7) is 0.144. The Morgan fingerprint density at radius 3 is 2.50 bits per heavy atom. The number of halogens is 2. The monoisotopic (exact) mass is 303 g/mol. The maximum atomic E-state index is 14.5. The van der Waals surface area contributed by atoms with Crippen molar-refractivity contribution in [3.8, 4) is 11.1 Å². The average molecular weight is 303 g/mol. The van der Waals surface area contributed by atoms with E-state index in [4.69, 9.17) is 0 Å². The molecule has 1 saturated heterocycles. The van der Waals surface area contributed by atoms with Crippen molar-refractivity contribution in [2.75, 3.05) is 11.4 Å². The number of rotatable bonds is 3. The minimum atomic E-state index is -1.03. The fourth-order valence-electron chi connectivity index (χ4n) is 2.78. The Morgan fingerprint density at radius 1 is 1.05 bits per heavy atom. The van der Waals surface area contributed by atoms with E-state index in [0.29, 0.717) is 30.5 Å². The van der Waals surface area contributed by atoms with Crippen LogP contribution in [0, 0.1) is 11.6 Å². The summed E-state index contributed by atoms with van der Waals surface area (Å²) in [5, 5.41) is 9.33. The van der Waals surface area contributed by atoms with Gasteiger partial charge in [-0.1, -0.05) is 24.3 Å². The third-order valence-corrected chi connectivity index (χ3v) is 3.90. The van der Waals surface area contributed by atoms with Gasteiger partial charge >= 0.3 is 0 Å². The van der Waals surface area contributed by atoms with E-state index in [1.807, 2.05) is 0 Å². The van der Waals surface area contributed by atoms with E-state index >= 15 is 0 Å². The Morgan fingerprint density at radius 2 is 1.82 bits per heavy atom. The van der Waals surface area contributed by atoms with Crippen LogP contribution in [0.3, 0.4) is 0 Å². The van der Waals surface area contributed by atoms with Crippen LogP contribution in [0.15, 0.2) is 36.4 Å². The van der Waals surface area contributed by atoms with Crippen LogP contribution in [0.5, 0.6) is 0 Å². The second-order valence-electron chi connectivity index (χ2n) is 5.22. The smallest absolute Gasteiger partial charge is 0.227 e. The highest BCUT2D eigenvalue weighted by Crippen LogP contribution is 2.33. The van der Waals surface area contributed by atoms with Crippen LogP contribution in [0.2, 0.25) is 0 Å².